The third-order valence-corrected chi connectivity index (χ3v) is 16.1. The van der Waals surface area contributed by atoms with E-state index in [1.54, 1.807) is 0 Å². The van der Waals surface area contributed by atoms with Crippen LogP contribution in [-0.4, -0.2) is 28.7 Å². The normalized spacial score (nSPS) is 20.1. The molecule has 8 aromatic carbocycles. The number of aromatic nitrogens is 6. The first-order valence-corrected chi connectivity index (χ1v) is 24.1. The van der Waals surface area contributed by atoms with E-state index in [1.807, 2.05) is 0 Å². The summed E-state index contributed by atoms with van der Waals surface area (Å²) in [5.74, 6) is 4.25. The molecule has 6 nitrogen and oxygen atoms in total. The molecule has 0 atom stereocenters. The molecule has 0 spiro atoms. The minimum absolute atomic E-state index is 0.137. The van der Waals surface area contributed by atoms with E-state index in [4.69, 9.17) is 15.0 Å². The molecule has 0 radical (unpaired) electrons. The van der Waals surface area contributed by atoms with Gasteiger partial charge in [0.05, 0.1) is 38.8 Å². The number of fused-ring (bicyclic) bond motifs is 9. The molecule has 4 heterocycles. The molecule has 0 N–H and O–H groups in total. The minimum Gasteiger partial charge on any atom is -0.309 e. The second-order valence-electron chi connectivity index (χ2n) is 19.8. The number of para-hydroxylation sites is 7. The molecule has 67 heavy (non-hydrogen) atoms. The standard InChI is InChI=1S/C61H46N6/c1-8-22-51-42(15-1)43-16-2-9-23-52(43)65(51)53-24-10-7-21-48(53)49-34-41(29-30-50(49)61-35-38-31-39(36-61)33-40(32-38)37-61)58-62-59(66-54-25-11-3-17-44(54)45-18-4-12-26-55(45)66)64-60(63-58)67-56-27-13-5-19-46(56)47-20-6-14-28-57(47)67/h1-30,34,38-40H,31-33,35-37H2. The predicted octanol–water partition coefficient (Wildman–Crippen LogP) is 15.0. The Morgan fingerprint density at radius 1 is 0.358 bits per heavy atom. The van der Waals surface area contributed by atoms with E-state index in [0.29, 0.717) is 17.7 Å². The molecule has 4 bridgehead atoms. The second kappa shape index (κ2) is 14.1. The lowest BCUT2D eigenvalue weighted by Crippen LogP contribution is -2.48. The predicted molar refractivity (Wildman–Crippen MR) is 274 cm³/mol. The summed E-state index contributed by atoms with van der Waals surface area (Å²) in [6.07, 6.45) is 7.99. The van der Waals surface area contributed by atoms with Crippen molar-refractivity contribution in [2.45, 2.75) is 43.9 Å². The fourth-order valence-electron chi connectivity index (χ4n) is 13.8. The lowest BCUT2D eigenvalue weighted by Gasteiger charge is -2.57. The highest BCUT2D eigenvalue weighted by Crippen LogP contribution is 2.62. The molecular weight excluding hydrogens is 817 g/mol. The Labute approximate surface area is 387 Å². The lowest BCUT2D eigenvalue weighted by atomic mass is 9.47. The number of nitrogens with zero attached hydrogens (tertiary/aromatic N) is 6. The Bertz CT molecular complexity index is 3670. The molecule has 0 aliphatic heterocycles. The van der Waals surface area contributed by atoms with Gasteiger partial charge in [-0.3, -0.25) is 9.13 Å². The smallest absolute Gasteiger partial charge is 0.240 e. The summed E-state index contributed by atoms with van der Waals surface area (Å²) < 4.78 is 6.96. The van der Waals surface area contributed by atoms with E-state index in [0.717, 1.165) is 45.4 Å². The molecule has 4 fully saturated rings. The largest absolute Gasteiger partial charge is 0.309 e. The zero-order chi connectivity index (χ0) is 43.8. The van der Waals surface area contributed by atoms with Crippen molar-refractivity contribution in [3.8, 4) is 40.1 Å². The summed E-state index contributed by atoms with van der Waals surface area (Å²) in [6.45, 7) is 0. The summed E-state index contributed by atoms with van der Waals surface area (Å²) in [5, 5.41) is 7.21. The minimum atomic E-state index is 0.137. The average molecular weight is 863 g/mol. The van der Waals surface area contributed by atoms with E-state index < -0.39 is 0 Å². The maximum absolute atomic E-state index is 5.55. The van der Waals surface area contributed by atoms with Gasteiger partial charge in [0.1, 0.15) is 0 Å². The van der Waals surface area contributed by atoms with E-state index in [2.05, 4.69) is 202 Å². The van der Waals surface area contributed by atoms with Gasteiger partial charge in [-0.15, -0.1) is 0 Å². The average Bonchev–Trinajstić information content (AvgIpc) is 4.02. The van der Waals surface area contributed by atoms with Gasteiger partial charge < -0.3 is 4.57 Å². The molecule has 0 unspecified atom stereocenters. The summed E-state index contributed by atoms with van der Waals surface area (Å²) in [4.78, 5) is 16.6. The molecule has 6 heteroatoms. The Balaban J connectivity index is 1.02. The van der Waals surface area contributed by atoms with Gasteiger partial charge in [-0.05, 0) is 121 Å². The molecule has 4 aliphatic rings. The first kappa shape index (κ1) is 37.4. The Kier molecular flexibility index (Phi) is 7.86. The van der Waals surface area contributed by atoms with Crippen molar-refractivity contribution in [3.63, 3.8) is 0 Å². The van der Waals surface area contributed by atoms with E-state index in [9.17, 15) is 0 Å². The van der Waals surface area contributed by atoms with Gasteiger partial charge in [0.15, 0.2) is 5.82 Å². The van der Waals surface area contributed by atoms with Crippen molar-refractivity contribution in [1.29, 1.82) is 0 Å². The number of rotatable bonds is 6. The van der Waals surface area contributed by atoms with Crippen molar-refractivity contribution >= 4 is 65.4 Å². The zero-order valence-electron chi connectivity index (χ0n) is 37.1. The molecule has 0 saturated heterocycles. The van der Waals surface area contributed by atoms with Crippen LogP contribution >= 0.6 is 0 Å². The van der Waals surface area contributed by atoms with Crippen LogP contribution in [-0.2, 0) is 5.41 Å². The maximum atomic E-state index is 5.55. The first-order chi connectivity index (χ1) is 33.2. The quantitative estimate of drug-likeness (QED) is 0.167. The van der Waals surface area contributed by atoms with Crippen LogP contribution in [0.5, 0.6) is 0 Å². The molecule has 4 aromatic heterocycles. The SMILES string of the molecule is c1ccc(-n2c3ccccc3c3ccccc32)c(-c2cc(-c3nc(-n4c5ccccc5c5ccccc54)nc(-n4c5ccccc5c5ccccc54)n3)ccc2C23CC4CC(CC(C4)C2)C3)c1. The fourth-order valence-corrected chi connectivity index (χ4v) is 13.8. The number of hydrogen-bond acceptors (Lipinski definition) is 3. The fraction of sp³-hybridized carbons (Fsp3) is 0.164. The lowest BCUT2D eigenvalue weighted by molar-refractivity contribution is -0.00491. The van der Waals surface area contributed by atoms with Crippen LogP contribution in [0.15, 0.2) is 188 Å². The van der Waals surface area contributed by atoms with Crippen molar-refractivity contribution in [2.75, 3.05) is 0 Å². The molecule has 320 valence electrons. The van der Waals surface area contributed by atoms with E-state index >= 15 is 0 Å². The maximum Gasteiger partial charge on any atom is 0.240 e. The molecule has 4 saturated carbocycles. The third kappa shape index (κ3) is 5.47. The summed E-state index contributed by atoms with van der Waals surface area (Å²) in [7, 11) is 0. The van der Waals surface area contributed by atoms with Crippen LogP contribution < -0.4 is 0 Å². The molecule has 16 rings (SSSR count). The first-order valence-electron chi connectivity index (χ1n) is 24.1. The topological polar surface area (TPSA) is 53.5 Å². The van der Waals surface area contributed by atoms with Gasteiger partial charge in [-0.25, -0.2) is 0 Å². The highest BCUT2D eigenvalue weighted by atomic mass is 15.3. The monoisotopic (exact) mass is 862 g/mol. The third-order valence-electron chi connectivity index (χ3n) is 16.1. The molecule has 12 aromatic rings. The van der Waals surface area contributed by atoms with Gasteiger partial charge in [0.2, 0.25) is 11.9 Å². The summed E-state index contributed by atoms with van der Waals surface area (Å²) >= 11 is 0. The van der Waals surface area contributed by atoms with Crippen LogP contribution in [0.25, 0.3) is 106 Å². The van der Waals surface area contributed by atoms with Crippen LogP contribution in [0, 0.1) is 17.8 Å². The summed E-state index contributed by atoms with van der Waals surface area (Å²) in [5.41, 5.74) is 13.0. The van der Waals surface area contributed by atoms with Gasteiger partial charge in [-0.2, -0.15) is 15.0 Å². The Hall–Kier alpha value is -7.83. The van der Waals surface area contributed by atoms with Crippen molar-refractivity contribution < 1.29 is 0 Å². The number of hydrogen-bond donors (Lipinski definition) is 0. The second-order valence-corrected chi connectivity index (χ2v) is 19.8. The van der Waals surface area contributed by atoms with Crippen LogP contribution in [0.2, 0.25) is 0 Å². The zero-order valence-corrected chi connectivity index (χ0v) is 37.1. The van der Waals surface area contributed by atoms with Crippen LogP contribution in [0.1, 0.15) is 44.1 Å². The van der Waals surface area contributed by atoms with Gasteiger partial charge in [0, 0.05) is 43.4 Å². The van der Waals surface area contributed by atoms with Crippen LogP contribution in [0.3, 0.4) is 0 Å². The van der Waals surface area contributed by atoms with Gasteiger partial charge >= 0.3 is 0 Å². The van der Waals surface area contributed by atoms with E-state index in [-0.39, 0.29) is 5.41 Å². The highest BCUT2D eigenvalue weighted by molar-refractivity contribution is 6.11. The van der Waals surface area contributed by atoms with E-state index in [1.165, 1.54) is 104 Å². The summed E-state index contributed by atoms with van der Waals surface area (Å²) in [6, 6.07) is 68.6. The van der Waals surface area contributed by atoms with Crippen molar-refractivity contribution in [2.24, 2.45) is 17.8 Å². The highest BCUT2D eigenvalue weighted by Gasteiger charge is 2.52. The molecule has 0 amide bonds. The molecular formula is C61H46N6. The molecule has 4 aliphatic carbocycles. The van der Waals surface area contributed by atoms with Crippen LogP contribution in [0.4, 0.5) is 0 Å². The van der Waals surface area contributed by atoms with Gasteiger partial charge in [-0.1, -0.05) is 140 Å². The Morgan fingerprint density at radius 3 is 1.16 bits per heavy atom. The Morgan fingerprint density at radius 2 is 0.731 bits per heavy atom. The van der Waals surface area contributed by atoms with Crippen molar-refractivity contribution in [3.05, 3.63) is 194 Å². The number of benzene rings is 8. The van der Waals surface area contributed by atoms with Crippen molar-refractivity contribution in [1.82, 2.24) is 28.7 Å². The van der Waals surface area contributed by atoms with Gasteiger partial charge in [0.25, 0.3) is 0 Å².